The zero-order valence-electron chi connectivity index (χ0n) is 15.0. The van der Waals surface area contributed by atoms with Crippen molar-refractivity contribution in [2.24, 2.45) is 5.73 Å². The minimum absolute atomic E-state index is 0.645. The maximum atomic E-state index is 5.71. The minimum atomic E-state index is 0.645. The summed E-state index contributed by atoms with van der Waals surface area (Å²) >= 11 is 0. The number of unbranched alkanes of at least 4 members (excludes halogenated alkanes) is 1. The smallest absolute Gasteiger partial charge is 0.119 e. The molecule has 0 spiro atoms. The van der Waals surface area contributed by atoms with Crippen molar-refractivity contribution in [1.29, 1.82) is 0 Å². The van der Waals surface area contributed by atoms with Crippen molar-refractivity contribution in [3.8, 4) is 5.75 Å². The van der Waals surface area contributed by atoms with Gasteiger partial charge in [0.2, 0.25) is 0 Å². The highest BCUT2D eigenvalue weighted by Crippen LogP contribution is 2.17. The molecular weight excluding hydrogens is 272 g/mol. The summed E-state index contributed by atoms with van der Waals surface area (Å²) in [4.78, 5) is 0. The summed E-state index contributed by atoms with van der Waals surface area (Å²) < 4.78 is 6.76. The Hall–Kier alpha value is -1.06. The van der Waals surface area contributed by atoms with E-state index in [1.54, 1.807) is 0 Å². The number of nitrogens with two attached hydrogens (primary N) is 1. The number of aryl methyl sites for hydroxylation is 1. The van der Waals surface area contributed by atoms with Crippen LogP contribution >= 0.6 is 0 Å². The van der Waals surface area contributed by atoms with E-state index in [2.05, 4.69) is 52.2 Å². The number of ether oxygens (including phenoxy) is 1. The van der Waals surface area contributed by atoms with Crippen molar-refractivity contribution in [1.82, 2.24) is 0 Å². The van der Waals surface area contributed by atoms with Crippen LogP contribution in [0.4, 0.5) is 0 Å². The number of nitrogens with zero attached hydrogens (tertiary/aromatic N) is 1. The van der Waals surface area contributed by atoms with E-state index in [4.69, 9.17) is 10.5 Å². The van der Waals surface area contributed by atoms with Gasteiger partial charge in [0.1, 0.15) is 5.75 Å². The summed E-state index contributed by atoms with van der Waals surface area (Å²) in [6.07, 6.45) is 5.72. The van der Waals surface area contributed by atoms with Crippen molar-refractivity contribution in [3.05, 3.63) is 29.8 Å². The molecule has 3 nitrogen and oxygen atoms in total. The van der Waals surface area contributed by atoms with Crippen LogP contribution < -0.4 is 10.5 Å². The summed E-state index contributed by atoms with van der Waals surface area (Å²) in [7, 11) is 4.62. The van der Waals surface area contributed by atoms with Crippen molar-refractivity contribution < 1.29 is 9.22 Å². The lowest BCUT2D eigenvalue weighted by molar-refractivity contribution is -0.913. The zero-order chi connectivity index (χ0) is 16.4. The van der Waals surface area contributed by atoms with Gasteiger partial charge < -0.3 is 15.0 Å². The molecule has 0 radical (unpaired) electrons. The van der Waals surface area contributed by atoms with E-state index in [9.17, 15) is 0 Å². The predicted octanol–water partition coefficient (Wildman–Crippen LogP) is 3.61. The first-order chi connectivity index (χ1) is 10.5. The highest BCUT2D eigenvalue weighted by Gasteiger charge is 2.22. The lowest BCUT2D eigenvalue weighted by Crippen LogP contribution is -2.48. The molecule has 2 N–H and O–H groups in total. The fourth-order valence-corrected chi connectivity index (χ4v) is 2.53. The molecule has 0 bridgehead atoms. The first-order valence-electron chi connectivity index (χ1n) is 8.74. The Labute approximate surface area is 137 Å². The minimum Gasteiger partial charge on any atom is -0.494 e. The van der Waals surface area contributed by atoms with E-state index in [-0.39, 0.29) is 0 Å². The Balaban J connectivity index is 2.40. The molecule has 1 unspecified atom stereocenters. The number of quaternary nitrogens is 1. The van der Waals surface area contributed by atoms with E-state index >= 15 is 0 Å². The quantitative estimate of drug-likeness (QED) is 0.501. The molecule has 3 heteroatoms. The van der Waals surface area contributed by atoms with Gasteiger partial charge in [-0.05, 0) is 44.0 Å². The first-order valence-corrected chi connectivity index (χ1v) is 8.74. The van der Waals surface area contributed by atoms with E-state index in [0.29, 0.717) is 6.04 Å². The largest absolute Gasteiger partial charge is 0.494 e. The molecule has 126 valence electrons. The molecule has 22 heavy (non-hydrogen) atoms. The molecule has 0 saturated heterocycles. The van der Waals surface area contributed by atoms with Gasteiger partial charge in [0, 0.05) is 12.8 Å². The summed E-state index contributed by atoms with van der Waals surface area (Å²) in [6, 6.07) is 9.25. The second-order valence-electron chi connectivity index (χ2n) is 6.88. The van der Waals surface area contributed by atoms with Gasteiger partial charge in [-0.15, -0.1) is 0 Å². The third-order valence-corrected chi connectivity index (χ3v) is 4.67. The molecule has 0 aliphatic rings. The molecular formula is C19H35N2O+. The number of hydrogen-bond acceptors (Lipinski definition) is 2. The average molecular weight is 308 g/mol. The Morgan fingerprint density at radius 1 is 1.14 bits per heavy atom. The highest BCUT2D eigenvalue weighted by atomic mass is 16.5. The zero-order valence-corrected chi connectivity index (χ0v) is 15.0. The van der Waals surface area contributed by atoms with Crippen molar-refractivity contribution in [2.45, 2.75) is 52.0 Å². The van der Waals surface area contributed by atoms with Gasteiger partial charge in [0.05, 0.1) is 33.3 Å². The second-order valence-corrected chi connectivity index (χ2v) is 6.88. The highest BCUT2D eigenvalue weighted by molar-refractivity contribution is 5.27. The van der Waals surface area contributed by atoms with Gasteiger partial charge >= 0.3 is 0 Å². The van der Waals surface area contributed by atoms with Gasteiger partial charge in [-0.3, -0.25) is 0 Å². The third-order valence-electron chi connectivity index (χ3n) is 4.67. The van der Waals surface area contributed by atoms with Crippen molar-refractivity contribution in [2.75, 3.05) is 33.8 Å². The number of benzene rings is 1. The monoisotopic (exact) mass is 307 g/mol. The van der Waals surface area contributed by atoms with Crippen molar-refractivity contribution in [3.63, 3.8) is 0 Å². The fourth-order valence-electron chi connectivity index (χ4n) is 2.53. The Morgan fingerprint density at radius 2 is 1.82 bits per heavy atom. The van der Waals surface area contributed by atoms with Crippen LogP contribution in [0.3, 0.4) is 0 Å². The third kappa shape index (κ3) is 6.80. The van der Waals surface area contributed by atoms with E-state index in [0.717, 1.165) is 49.2 Å². The van der Waals surface area contributed by atoms with Crippen molar-refractivity contribution >= 4 is 0 Å². The van der Waals surface area contributed by atoms with Gasteiger partial charge in [-0.1, -0.05) is 25.5 Å². The summed E-state index contributed by atoms with van der Waals surface area (Å²) in [5.74, 6) is 0.990. The Kier molecular flexibility index (Phi) is 8.51. The second kappa shape index (κ2) is 9.86. The van der Waals surface area contributed by atoms with Crippen LogP contribution in [0.2, 0.25) is 0 Å². The number of hydrogen-bond donors (Lipinski definition) is 1. The van der Waals surface area contributed by atoms with Crippen LogP contribution in [-0.2, 0) is 6.42 Å². The molecule has 1 rings (SSSR count). The predicted molar refractivity (Wildman–Crippen MR) is 95.3 cm³/mol. The standard InChI is InChI=1S/C19H35N2O/c1-5-6-16-22-19-12-10-18(11-13-19)9-8-17(2)21(3,4)15-7-14-20/h10-13,17H,5-9,14-16,20H2,1-4H3/q+1. The maximum Gasteiger partial charge on any atom is 0.119 e. The van der Waals surface area contributed by atoms with Crippen LogP contribution in [0.25, 0.3) is 0 Å². The Morgan fingerprint density at radius 3 is 2.41 bits per heavy atom. The normalized spacial score (nSPS) is 13.1. The molecule has 0 aliphatic carbocycles. The molecule has 1 aromatic carbocycles. The fraction of sp³-hybridized carbons (Fsp3) is 0.684. The van der Waals surface area contributed by atoms with E-state index < -0.39 is 0 Å². The summed E-state index contributed by atoms with van der Waals surface area (Å²) in [5, 5.41) is 0. The van der Waals surface area contributed by atoms with Gasteiger partial charge in [-0.25, -0.2) is 0 Å². The van der Waals surface area contributed by atoms with E-state index in [1.807, 2.05) is 0 Å². The van der Waals surface area contributed by atoms with Gasteiger partial charge in [0.15, 0.2) is 0 Å². The molecule has 0 saturated carbocycles. The van der Waals surface area contributed by atoms with Crippen LogP contribution in [0.1, 0.15) is 45.1 Å². The van der Waals surface area contributed by atoms with Crippen LogP contribution in [0.5, 0.6) is 5.75 Å². The van der Waals surface area contributed by atoms with Gasteiger partial charge in [0.25, 0.3) is 0 Å². The van der Waals surface area contributed by atoms with Crippen LogP contribution in [0, 0.1) is 0 Å². The van der Waals surface area contributed by atoms with Crippen LogP contribution in [-0.4, -0.2) is 44.3 Å². The molecule has 0 heterocycles. The Bertz CT molecular complexity index is 400. The molecule has 1 aromatic rings. The molecule has 1 atom stereocenters. The van der Waals surface area contributed by atoms with E-state index in [1.165, 1.54) is 18.4 Å². The summed E-state index contributed by atoms with van der Waals surface area (Å²) in [5.41, 5.74) is 7.03. The lowest BCUT2D eigenvalue weighted by atomic mass is 10.0. The maximum absolute atomic E-state index is 5.71. The average Bonchev–Trinajstić information content (AvgIpc) is 2.52. The molecule has 0 amide bonds. The first kappa shape index (κ1) is 19.0. The SMILES string of the molecule is CCCCOc1ccc(CCC(C)[N+](C)(C)CCCN)cc1. The topological polar surface area (TPSA) is 35.2 Å². The lowest BCUT2D eigenvalue weighted by Gasteiger charge is -2.36. The number of rotatable bonds is 11. The summed E-state index contributed by atoms with van der Waals surface area (Å²) in [6.45, 7) is 7.29. The van der Waals surface area contributed by atoms with Crippen LogP contribution in [0.15, 0.2) is 24.3 Å². The molecule has 0 aromatic heterocycles. The van der Waals surface area contributed by atoms with Gasteiger partial charge in [-0.2, -0.15) is 0 Å². The molecule has 0 fully saturated rings. The molecule has 0 aliphatic heterocycles.